The number of anilines is 1. The molecule has 1 aromatic heterocycles. The Hall–Kier alpha value is -2.69. The average Bonchev–Trinajstić information content (AvgIpc) is 3.16. The highest BCUT2D eigenvalue weighted by Gasteiger charge is 2.20. The number of carbonyl (C=O) groups excluding carboxylic acids is 2. The smallest absolute Gasteiger partial charge is 0.274 e. The molecule has 2 aromatic rings. The Balaban J connectivity index is 1.75. The molecule has 5 nitrogen and oxygen atoms in total. The number of para-hydroxylation sites is 1. The van der Waals surface area contributed by atoms with E-state index in [4.69, 9.17) is 0 Å². The van der Waals surface area contributed by atoms with Crippen LogP contribution in [-0.2, 0) is 6.42 Å². The van der Waals surface area contributed by atoms with E-state index in [1.165, 1.54) is 0 Å². The third-order valence-electron chi connectivity index (χ3n) is 4.88. The Morgan fingerprint density at radius 1 is 1.04 bits per heavy atom. The summed E-state index contributed by atoms with van der Waals surface area (Å²) in [4.78, 5) is 29.3. The van der Waals surface area contributed by atoms with E-state index in [2.05, 4.69) is 22.5 Å². The van der Waals surface area contributed by atoms with Gasteiger partial charge in [0.25, 0.3) is 11.8 Å². The Bertz CT molecular complexity index is 811. The molecule has 1 heterocycles. The van der Waals surface area contributed by atoms with E-state index >= 15 is 0 Å². The molecule has 0 unspecified atom stereocenters. The van der Waals surface area contributed by atoms with Crippen LogP contribution in [-0.4, -0.2) is 22.8 Å². The first-order chi connectivity index (χ1) is 12.6. The van der Waals surface area contributed by atoms with Crippen LogP contribution in [0.25, 0.3) is 0 Å². The minimum absolute atomic E-state index is 0.211. The zero-order valence-electron chi connectivity index (χ0n) is 15.3. The van der Waals surface area contributed by atoms with E-state index in [0.29, 0.717) is 0 Å². The summed E-state index contributed by atoms with van der Waals surface area (Å²) in [6, 6.07) is 11.1. The second-order valence-corrected chi connectivity index (χ2v) is 6.78. The van der Waals surface area contributed by atoms with Crippen LogP contribution in [0.15, 0.2) is 36.4 Å². The molecule has 0 radical (unpaired) electrons. The van der Waals surface area contributed by atoms with Crippen molar-refractivity contribution in [3.8, 4) is 0 Å². The minimum Gasteiger partial charge on any atom is -0.348 e. The average molecular weight is 351 g/mol. The molecule has 5 heteroatoms. The molecular weight excluding hydrogens is 326 g/mol. The van der Waals surface area contributed by atoms with Gasteiger partial charge < -0.3 is 10.6 Å². The first kappa shape index (κ1) is 18.1. The maximum atomic E-state index is 12.6. The van der Waals surface area contributed by atoms with Gasteiger partial charge in [0.1, 0.15) is 11.4 Å². The Morgan fingerprint density at radius 3 is 2.38 bits per heavy atom. The quantitative estimate of drug-likeness (QED) is 0.859. The summed E-state index contributed by atoms with van der Waals surface area (Å²) in [6.45, 7) is 4.02. The summed E-state index contributed by atoms with van der Waals surface area (Å²) in [5.41, 5.74) is 3.43. The fourth-order valence-corrected chi connectivity index (χ4v) is 3.40. The lowest BCUT2D eigenvalue weighted by Crippen LogP contribution is -2.33. The second kappa shape index (κ2) is 8.13. The van der Waals surface area contributed by atoms with Crippen molar-refractivity contribution in [2.45, 2.75) is 52.0 Å². The molecule has 26 heavy (non-hydrogen) atoms. The topological polar surface area (TPSA) is 71.1 Å². The third-order valence-corrected chi connectivity index (χ3v) is 4.88. The van der Waals surface area contributed by atoms with Gasteiger partial charge in [-0.15, -0.1) is 0 Å². The summed E-state index contributed by atoms with van der Waals surface area (Å²) >= 11 is 0. The standard InChI is InChI=1S/C21H25N3O2/c1-3-15-9-6-8-14(2)19(15)24-21(26)18-13-7-12-17(23-18)20(25)22-16-10-4-5-11-16/h6-9,12-13,16H,3-5,10-11H2,1-2H3,(H,22,25)(H,24,26). The van der Waals surface area contributed by atoms with Crippen molar-refractivity contribution in [3.05, 3.63) is 58.9 Å². The number of aryl methyl sites for hydroxylation is 2. The van der Waals surface area contributed by atoms with E-state index in [9.17, 15) is 9.59 Å². The summed E-state index contributed by atoms with van der Waals surface area (Å²) in [6.07, 6.45) is 5.15. The van der Waals surface area contributed by atoms with E-state index < -0.39 is 0 Å². The van der Waals surface area contributed by atoms with Crippen LogP contribution in [0.5, 0.6) is 0 Å². The molecule has 3 rings (SSSR count). The third kappa shape index (κ3) is 4.10. The Kier molecular flexibility index (Phi) is 5.66. The summed E-state index contributed by atoms with van der Waals surface area (Å²) in [5, 5.41) is 5.96. The fraction of sp³-hybridized carbons (Fsp3) is 0.381. The highest BCUT2D eigenvalue weighted by molar-refractivity contribution is 6.04. The predicted octanol–water partition coefficient (Wildman–Crippen LogP) is 3.88. The van der Waals surface area contributed by atoms with Crippen LogP contribution in [0, 0.1) is 6.92 Å². The number of nitrogens with zero attached hydrogens (tertiary/aromatic N) is 1. The van der Waals surface area contributed by atoms with Crippen LogP contribution in [0.1, 0.15) is 64.7 Å². The lowest BCUT2D eigenvalue weighted by atomic mass is 10.1. The molecule has 1 aliphatic carbocycles. The number of hydrogen-bond acceptors (Lipinski definition) is 3. The van der Waals surface area contributed by atoms with Gasteiger partial charge in [-0.2, -0.15) is 0 Å². The zero-order chi connectivity index (χ0) is 18.5. The van der Waals surface area contributed by atoms with Crippen LogP contribution in [0.3, 0.4) is 0 Å². The Labute approximate surface area is 154 Å². The predicted molar refractivity (Wildman–Crippen MR) is 102 cm³/mol. The molecule has 1 aromatic carbocycles. The van der Waals surface area contributed by atoms with Crippen molar-refractivity contribution < 1.29 is 9.59 Å². The first-order valence-corrected chi connectivity index (χ1v) is 9.26. The number of aromatic nitrogens is 1. The van der Waals surface area contributed by atoms with Crippen molar-refractivity contribution in [1.82, 2.24) is 10.3 Å². The van der Waals surface area contributed by atoms with E-state index in [0.717, 1.165) is 48.9 Å². The van der Waals surface area contributed by atoms with Gasteiger partial charge in [-0.25, -0.2) is 4.98 Å². The van der Waals surface area contributed by atoms with Crippen LogP contribution in [0.2, 0.25) is 0 Å². The molecule has 2 N–H and O–H groups in total. The highest BCUT2D eigenvalue weighted by atomic mass is 16.2. The van der Waals surface area contributed by atoms with E-state index in [1.807, 2.05) is 25.1 Å². The van der Waals surface area contributed by atoms with Gasteiger partial charge in [-0.3, -0.25) is 9.59 Å². The van der Waals surface area contributed by atoms with Gasteiger partial charge in [-0.05, 0) is 49.4 Å². The first-order valence-electron chi connectivity index (χ1n) is 9.26. The van der Waals surface area contributed by atoms with Crippen molar-refractivity contribution in [2.75, 3.05) is 5.32 Å². The van der Waals surface area contributed by atoms with Gasteiger partial charge in [0.15, 0.2) is 0 Å². The largest absolute Gasteiger partial charge is 0.348 e. The molecule has 2 amide bonds. The Morgan fingerprint density at radius 2 is 1.69 bits per heavy atom. The van der Waals surface area contributed by atoms with Crippen molar-refractivity contribution in [2.24, 2.45) is 0 Å². The van der Waals surface area contributed by atoms with Crippen molar-refractivity contribution in [1.29, 1.82) is 0 Å². The molecule has 1 saturated carbocycles. The van der Waals surface area contributed by atoms with Crippen molar-refractivity contribution >= 4 is 17.5 Å². The SMILES string of the molecule is CCc1cccc(C)c1NC(=O)c1cccc(C(=O)NC2CCCC2)n1. The number of benzene rings is 1. The van der Waals surface area contributed by atoms with Crippen LogP contribution < -0.4 is 10.6 Å². The van der Waals surface area contributed by atoms with Gasteiger partial charge in [0.05, 0.1) is 0 Å². The number of amides is 2. The molecule has 1 aliphatic rings. The number of carbonyl (C=O) groups is 2. The summed E-state index contributed by atoms with van der Waals surface area (Å²) in [5.74, 6) is -0.513. The molecule has 1 fully saturated rings. The monoisotopic (exact) mass is 351 g/mol. The fourth-order valence-electron chi connectivity index (χ4n) is 3.40. The molecule has 0 saturated heterocycles. The summed E-state index contributed by atoms with van der Waals surface area (Å²) in [7, 11) is 0. The van der Waals surface area contributed by atoms with Gasteiger partial charge in [0.2, 0.25) is 0 Å². The number of nitrogens with one attached hydrogen (secondary N) is 2. The number of rotatable bonds is 5. The van der Waals surface area contributed by atoms with Crippen LogP contribution in [0.4, 0.5) is 5.69 Å². The summed E-state index contributed by atoms with van der Waals surface area (Å²) < 4.78 is 0. The van der Waals surface area contributed by atoms with Gasteiger partial charge in [-0.1, -0.05) is 44.0 Å². The highest BCUT2D eigenvalue weighted by Crippen LogP contribution is 2.22. The maximum absolute atomic E-state index is 12.6. The lowest BCUT2D eigenvalue weighted by molar-refractivity contribution is 0.0932. The minimum atomic E-state index is -0.301. The van der Waals surface area contributed by atoms with Crippen molar-refractivity contribution in [3.63, 3.8) is 0 Å². The van der Waals surface area contributed by atoms with E-state index in [1.54, 1.807) is 18.2 Å². The number of hydrogen-bond donors (Lipinski definition) is 2. The van der Waals surface area contributed by atoms with Gasteiger partial charge in [0, 0.05) is 11.7 Å². The molecule has 0 bridgehead atoms. The molecular formula is C21H25N3O2. The molecule has 0 atom stereocenters. The molecule has 0 spiro atoms. The van der Waals surface area contributed by atoms with E-state index in [-0.39, 0.29) is 29.2 Å². The zero-order valence-corrected chi connectivity index (χ0v) is 15.3. The number of pyridine rings is 1. The van der Waals surface area contributed by atoms with Gasteiger partial charge >= 0.3 is 0 Å². The second-order valence-electron chi connectivity index (χ2n) is 6.78. The maximum Gasteiger partial charge on any atom is 0.274 e. The van der Waals surface area contributed by atoms with Crippen LogP contribution >= 0.6 is 0 Å². The lowest BCUT2D eigenvalue weighted by Gasteiger charge is -2.14. The normalized spacial score (nSPS) is 14.2. The molecule has 136 valence electrons. The molecule has 0 aliphatic heterocycles.